The van der Waals surface area contributed by atoms with Gasteiger partial charge >= 0.3 is 0 Å². The average molecular weight is 283 g/mol. The molecule has 0 saturated heterocycles. The van der Waals surface area contributed by atoms with Crippen LogP contribution in [-0.4, -0.2) is 0 Å². The first kappa shape index (κ1) is 20.0. The van der Waals surface area contributed by atoms with Gasteiger partial charge in [-0.1, -0.05) is 94.9 Å². The van der Waals surface area contributed by atoms with E-state index < -0.39 is 0 Å². The second kappa shape index (κ2) is 7.85. The van der Waals surface area contributed by atoms with Crippen molar-refractivity contribution in [2.75, 3.05) is 0 Å². The van der Waals surface area contributed by atoms with Gasteiger partial charge < -0.3 is 0 Å². The first-order chi connectivity index (χ1) is 9.15. The molecular weight excluding hydrogens is 240 g/mol. The van der Waals surface area contributed by atoms with Gasteiger partial charge in [-0.3, -0.25) is 0 Å². The van der Waals surface area contributed by atoms with Crippen LogP contribution in [0.5, 0.6) is 0 Å². The fourth-order valence-electron chi connectivity index (χ4n) is 5.21. The highest BCUT2D eigenvalue weighted by molar-refractivity contribution is 4.97. The molecule has 0 aromatic carbocycles. The van der Waals surface area contributed by atoms with Gasteiger partial charge in [-0.15, -0.1) is 0 Å². The lowest BCUT2D eigenvalue weighted by atomic mass is 9.51. The molecule has 0 spiro atoms. The van der Waals surface area contributed by atoms with Crippen LogP contribution in [0.1, 0.15) is 94.9 Å². The van der Waals surface area contributed by atoms with Gasteiger partial charge in [0.1, 0.15) is 0 Å². The van der Waals surface area contributed by atoms with E-state index in [1.54, 1.807) is 0 Å². The zero-order valence-electron chi connectivity index (χ0n) is 16.1. The van der Waals surface area contributed by atoms with Crippen LogP contribution in [0.15, 0.2) is 0 Å². The Kier molecular flexibility index (Phi) is 7.85. The predicted molar refractivity (Wildman–Crippen MR) is 94.0 cm³/mol. The van der Waals surface area contributed by atoms with Crippen molar-refractivity contribution in [3.05, 3.63) is 0 Å². The van der Waals surface area contributed by atoms with Crippen LogP contribution in [0, 0.1) is 34.5 Å². The molecule has 0 bridgehead atoms. The summed E-state index contributed by atoms with van der Waals surface area (Å²) in [5.41, 5.74) is 0.925. The molecular formula is C20H42. The van der Waals surface area contributed by atoms with Crippen LogP contribution in [0.25, 0.3) is 0 Å². The second-order valence-corrected chi connectivity index (χ2v) is 8.09. The Morgan fingerprint density at radius 2 is 1.15 bits per heavy atom. The third kappa shape index (κ3) is 3.60. The van der Waals surface area contributed by atoms with Crippen LogP contribution in [0.2, 0.25) is 0 Å². The van der Waals surface area contributed by atoms with Crippen LogP contribution in [0.4, 0.5) is 0 Å². The van der Waals surface area contributed by atoms with Crippen molar-refractivity contribution >= 4 is 0 Å². The van der Waals surface area contributed by atoms with E-state index in [1.165, 1.54) is 25.7 Å². The summed E-state index contributed by atoms with van der Waals surface area (Å²) in [6.07, 6.45) is 5.24. The third-order valence-electron chi connectivity index (χ3n) is 6.93. The summed E-state index contributed by atoms with van der Waals surface area (Å²) in [5, 5.41) is 0. The molecule has 0 N–H and O–H groups in total. The van der Waals surface area contributed by atoms with Crippen LogP contribution in [-0.2, 0) is 0 Å². The minimum Gasteiger partial charge on any atom is -0.0651 e. The van der Waals surface area contributed by atoms with Gasteiger partial charge in [-0.25, -0.2) is 0 Å². The van der Waals surface area contributed by atoms with Crippen molar-refractivity contribution in [2.45, 2.75) is 94.9 Å². The van der Waals surface area contributed by atoms with Crippen molar-refractivity contribution in [1.29, 1.82) is 0 Å². The van der Waals surface area contributed by atoms with Crippen LogP contribution < -0.4 is 0 Å². The third-order valence-corrected chi connectivity index (χ3v) is 6.93. The lowest BCUT2D eigenvalue weighted by Gasteiger charge is -2.54. The fourth-order valence-corrected chi connectivity index (χ4v) is 5.21. The smallest absolute Gasteiger partial charge is 0.0264 e. The molecule has 0 amide bonds. The summed E-state index contributed by atoms with van der Waals surface area (Å²) in [5.74, 6) is 3.19. The molecule has 0 aromatic rings. The first-order valence-electron chi connectivity index (χ1n) is 9.15. The van der Waals surface area contributed by atoms with E-state index >= 15 is 0 Å². The fraction of sp³-hybridized carbons (Fsp3) is 1.00. The number of hydrogen-bond acceptors (Lipinski definition) is 0. The van der Waals surface area contributed by atoms with Crippen molar-refractivity contribution in [3.8, 4) is 0 Å². The Labute approximate surface area is 130 Å². The molecule has 0 fully saturated rings. The zero-order chi connectivity index (χ0) is 16.1. The van der Waals surface area contributed by atoms with Gasteiger partial charge in [0.05, 0.1) is 0 Å². The predicted octanol–water partition coefficient (Wildman–Crippen LogP) is 7.18. The quantitative estimate of drug-likeness (QED) is 0.420. The van der Waals surface area contributed by atoms with E-state index in [9.17, 15) is 0 Å². The average Bonchev–Trinajstić information content (AvgIpc) is 2.38. The van der Waals surface area contributed by atoms with Gasteiger partial charge in [-0.05, 0) is 34.5 Å². The topological polar surface area (TPSA) is 0 Å². The van der Waals surface area contributed by atoms with E-state index in [1.807, 2.05) is 0 Å². The monoisotopic (exact) mass is 282 g/mol. The highest BCUT2D eigenvalue weighted by atomic mass is 14.5. The highest BCUT2D eigenvalue weighted by Gasteiger charge is 2.48. The van der Waals surface area contributed by atoms with Crippen molar-refractivity contribution in [1.82, 2.24) is 0 Å². The molecule has 122 valence electrons. The molecule has 0 radical (unpaired) electrons. The lowest BCUT2D eigenvalue weighted by molar-refractivity contribution is -0.0513. The largest absolute Gasteiger partial charge is 0.0651 e. The van der Waals surface area contributed by atoms with E-state index in [0.29, 0.717) is 10.8 Å². The Hall–Kier alpha value is 0. The summed E-state index contributed by atoms with van der Waals surface area (Å²) in [4.78, 5) is 0. The summed E-state index contributed by atoms with van der Waals surface area (Å²) in [6.45, 7) is 24.5. The lowest BCUT2D eigenvalue weighted by Crippen LogP contribution is -2.47. The standard InChI is InChI=1S/C20H42/c1-11-17(15(5)6)20(10,14-4)18(12-2)19(9,13-3)16(7)8/h15-18H,11-14H2,1-10H3. The van der Waals surface area contributed by atoms with Crippen LogP contribution >= 0.6 is 0 Å². The highest BCUT2D eigenvalue weighted by Crippen LogP contribution is 2.55. The Morgan fingerprint density at radius 1 is 0.700 bits per heavy atom. The molecule has 0 saturated carbocycles. The van der Waals surface area contributed by atoms with Crippen LogP contribution in [0.3, 0.4) is 0 Å². The molecule has 0 aliphatic rings. The molecule has 4 atom stereocenters. The molecule has 0 aliphatic heterocycles. The summed E-state index contributed by atoms with van der Waals surface area (Å²) < 4.78 is 0. The normalized spacial score (nSPS) is 21.6. The molecule has 0 aliphatic carbocycles. The van der Waals surface area contributed by atoms with Gasteiger partial charge in [0.2, 0.25) is 0 Å². The van der Waals surface area contributed by atoms with E-state index in [-0.39, 0.29) is 0 Å². The second-order valence-electron chi connectivity index (χ2n) is 8.09. The van der Waals surface area contributed by atoms with Crippen molar-refractivity contribution in [2.24, 2.45) is 34.5 Å². The molecule has 0 heterocycles. The van der Waals surface area contributed by atoms with Gasteiger partial charge in [0, 0.05) is 0 Å². The van der Waals surface area contributed by atoms with E-state index in [4.69, 9.17) is 0 Å². The minimum atomic E-state index is 0.460. The Balaban J connectivity index is 5.77. The molecule has 20 heavy (non-hydrogen) atoms. The summed E-state index contributed by atoms with van der Waals surface area (Å²) in [7, 11) is 0. The van der Waals surface area contributed by atoms with E-state index in [0.717, 1.165) is 23.7 Å². The first-order valence-corrected chi connectivity index (χ1v) is 9.15. The number of hydrogen-bond donors (Lipinski definition) is 0. The van der Waals surface area contributed by atoms with Gasteiger partial charge in [-0.2, -0.15) is 0 Å². The van der Waals surface area contributed by atoms with Crippen molar-refractivity contribution in [3.63, 3.8) is 0 Å². The molecule has 4 unspecified atom stereocenters. The maximum atomic E-state index is 2.59. The molecule has 0 rings (SSSR count). The van der Waals surface area contributed by atoms with Gasteiger partial charge in [0.25, 0.3) is 0 Å². The Morgan fingerprint density at radius 3 is 1.35 bits per heavy atom. The van der Waals surface area contributed by atoms with Gasteiger partial charge in [0.15, 0.2) is 0 Å². The molecule has 0 nitrogen and oxygen atoms in total. The number of rotatable bonds is 9. The zero-order valence-corrected chi connectivity index (χ0v) is 16.1. The minimum absolute atomic E-state index is 0.460. The maximum Gasteiger partial charge on any atom is -0.0264 e. The van der Waals surface area contributed by atoms with E-state index in [2.05, 4.69) is 69.2 Å². The SMILES string of the molecule is CCC(C(C)C)C(C)(CC)C(CC)C(C)(CC)C(C)C. The maximum absolute atomic E-state index is 2.59. The molecule has 0 aromatic heterocycles. The Bertz CT molecular complexity index is 265. The molecule has 0 heteroatoms. The van der Waals surface area contributed by atoms with Crippen molar-refractivity contribution < 1.29 is 0 Å². The summed E-state index contributed by atoms with van der Waals surface area (Å²) >= 11 is 0. The summed E-state index contributed by atoms with van der Waals surface area (Å²) in [6, 6.07) is 0.